The summed E-state index contributed by atoms with van der Waals surface area (Å²) in [5.41, 5.74) is 0.606. The minimum atomic E-state index is -1.22. The Hall–Kier alpha value is -3.29. The highest BCUT2D eigenvalue weighted by Crippen LogP contribution is 2.21. The molecule has 1 aliphatic rings. The number of carboxylic acid groups (broad SMARTS) is 1. The predicted molar refractivity (Wildman–Crippen MR) is 95.3 cm³/mol. The monoisotopic (exact) mass is 388 g/mol. The van der Waals surface area contributed by atoms with E-state index in [9.17, 15) is 28.3 Å². The molecule has 0 saturated carbocycles. The number of hydrogen-bond acceptors (Lipinski definition) is 3. The van der Waals surface area contributed by atoms with Gasteiger partial charge in [0.25, 0.3) is 5.91 Å². The number of hydrogen-bond donors (Lipinski definition) is 1. The number of piperazine rings is 1. The summed E-state index contributed by atoms with van der Waals surface area (Å²) < 4.78 is 26.8. The van der Waals surface area contributed by atoms with E-state index in [-0.39, 0.29) is 25.2 Å². The van der Waals surface area contributed by atoms with Crippen LogP contribution in [-0.4, -0.2) is 51.8 Å². The quantitative estimate of drug-likeness (QED) is 0.853. The molecule has 28 heavy (non-hydrogen) atoms. The maximum atomic E-state index is 13.4. The van der Waals surface area contributed by atoms with E-state index in [2.05, 4.69) is 0 Å². The lowest BCUT2D eigenvalue weighted by Crippen LogP contribution is -2.59. The first-order valence-electron chi connectivity index (χ1n) is 8.66. The SMILES string of the molecule is O=C(O)CC1C(=O)N(Cc2cc(F)cc(F)c2)CCN1C(=O)c1ccccc1. The first kappa shape index (κ1) is 19.5. The molecule has 1 heterocycles. The number of rotatable bonds is 5. The van der Waals surface area contributed by atoms with Crippen molar-refractivity contribution in [3.05, 3.63) is 71.3 Å². The molecule has 1 fully saturated rings. The van der Waals surface area contributed by atoms with Gasteiger partial charge in [-0.1, -0.05) is 18.2 Å². The van der Waals surface area contributed by atoms with Gasteiger partial charge >= 0.3 is 5.97 Å². The zero-order valence-electron chi connectivity index (χ0n) is 14.8. The number of aliphatic carboxylic acids is 1. The third-order valence-corrected chi connectivity index (χ3v) is 4.53. The molecule has 2 amide bonds. The summed E-state index contributed by atoms with van der Waals surface area (Å²) in [4.78, 5) is 39.4. The Balaban J connectivity index is 1.82. The van der Waals surface area contributed by atoms with Crippen LogP contribution in [0, 0.1) is 11.6 Å². The molecule has 1 atom stereocenters. The normalized spacial score (nSPS) is 16.9. The molecule has 0 bridgehead atoms. The highest BCUT2D eigenvalue weighted by atomic mass is 19.1. The van der Waals surface area contributed by atoms with Crippen LogP contribution in [0.1, 0.15) is 22.3 Å². The van der Waals surface area contributed by atoms with E-state index in [1.165, 1.54) is 9.80 Å². The molecule has 1 saturated heterocycles. The number of halogens is 2. The van der Waals surface area contributed by atoms with Crippen LogP contribution in [-0.2, 0) is 16.1 Å². The standard InChI is InChI=1S/C20H18F2N2O4/c21-15-8-13(9-16(22)10-15)12-23-6-7-24(17(20(23)28)11-18(25)26)19(27)14-4-2-1-3-5-14/h1-5,8-10,17H,6-7,11-12H2,(H,25,26). The molecule has 0 aromatic heterocycles. The van der Waals surface area contributed by atoms with Crippen molar-refractivity contribution in [2.24, 2.45) is 0 Å². The maximum absolute atomic E-state index is 13.4. The van der Waals surface area contributed by atoms with Crippen molar-refractivity contribution in [2.75, 3.05) is 13.1 Å². The fraction of sp³-hybridized carbons (Fsp3) is 0.250. The lowest BCUT2D eigenvalue weighted by atomic mass is 10.0. The lowest BCUT2D eigenvalue weighted by molar-refractivity contribution is -0.148. The van der Waals surface area contributed by atoms with Crippen LogP contribution in [0.3, 0.4) is 0 Å². The minimum absolute atomic E-state index is 0.0724. The summed E-state index contributed by atoms with van der Waals surface area (Å²) in [7, 11) is 0. The largest absolute Gasteiger partial charge is 0.481 e. The second-order valence-electron chi connectivity index (χ2n) is 6.52. The van der Waals surface area contributed by atoms with Crippen LogP contribution in [0.15, 0.2) is 48.5 Å². The van der Waals surface area contributed by atoms with E-state index in [4.69, 9.17) is 0 Å². The molecule has 2 aromatic rings. The number of carbonyl (C=O) groups excluding carboxylic acids is 2. The molecule has 146 valence electrons. The Morgan fingerprint density at radius 2 is 1.68 bits per heavy atom. The van der Waals surface area contributed by atoms with Crippen molar-refractivity contribution in [1.29, 1.82) is 0 Å². The number of amides is 2. The number of carbonyl (C=O) groups is 3. The first-order chi connectivity index (χ1) is 13.3. The topological polar surface area (TPSA) is 77.9 Å². The fourth-order valence-electron chi connectivity index (χ4n) is 3.27. The van der Waals surface area contributed by atoms with Gasteiger partial charge in [-0.25, -0.2) is 8.78 Å². The zero-order chi connectivity index (χ0) is 20.3. The van der Waals surface area contributed by atoms with Gasteiger partial charge < -0.3 is 14.9 Å². The molecule has 0 radical (unpaired) electrons. The van der Waals surface area contributed by atoms with Gasteiger partial charge in [-0.05, 0) is 29.8 Å². The van der Waals surface area contributed by atoms with Gasteiger partial charge in [0.1, 0.15) is 17.7 Å². The van der Waals surface area contributed by atoms with Crippen molar-refractivity contribution in [3.63, 3.8) is 0 Å². The molecule has 1 aliphatic heterocycles. The van der Waals surface area contributed by atoms with Crippen LogP contribution in [0.2, 0.25) is 0 Å². The van der Waals surface area contributed by atoms with E-state index >= 15 is 0 Å². The highest BCUT2D eigenvalue weighted by molar-refractivity contribution is 5.99. The summed E-state index contributed by atoms with van der Waals surface area (Å²) in [5, 5.41) is 9.19. The molecular weight excluding hydrogens is 370 g/mol. The van der Waals surface area contributed by atoms with Crippen molar-refractivity contribution >= 4 is 17.8 Å². The number of carboxylic acids is 1. The lowest BCUT2D eigenvalue weighted by Gasteiger charge is -2.40. The van der Waals surface area contributed by atoms with E-state index in [0.717, 1.165) is 18.2 Å². The van der Waals surface area contributed by atoms with Gasteiger partial charge in [-0.15, -0.1) is 0 Å². The van der Waals surface area contributed by atoms with Gasteiger partial charge in [0, 0.05) is 31.3 Å². The Kier molecular flexibility index (Phi) is 5.67. The van der Waals surface area contributed by atoms with Gasteiger partial charge in [0.05, 0.1) is 6.42 Å². The second kappa shape index (κ2) is 8.16. The molecule has 1 unspecified atom stereocenters. The van der Waals surface area contributed by atoms with Crippen LogP contribution in [0.5, 0.6) is 0 Å². The van der Waals surface area contributed by atoms with Crippen LogP contribution >= 0.6 is 0 Å². The molecule has 1 N–H and O–H groups in total. The first-order valence-corrected chi connectivity index (χ1v) is 8.66. The van der Waals surface area contributed by atoms with Crippen molar-refractivity contribution in [2.45, 2.75) is 19.0 Å². The molecule has 3 rings (SSSR count). The molecule has 6 nitrogen and oxygen atoms in total. The summed E-state index contributed by atoms with van der Waals surface area (Å²) >= 11 is 0. The van der Waals surface area contributed by atoms with E-state index < -0.39 is 41.9 Å². The Bertz CT molecular complexity index is 884. The minimum Gasteiger partial charge on any atom is -0.481 e. The van der Waals surface area contributed by atoms with E-state index in [0.29, 0.717) is 5.56 Å². The van der Waals surface area contributed by atoms with Gasteiger partial charge in [-0.3, -0.25) is 14.4 Å². The van der Waals surface area contributed by atoms with Crippen molar-refractivity contribution in [1.82, 2.24) is 9.80 Å². The molecule has 8 heteroatoms. The van der Waals surface area contributed by atoms with Crippen molar-refractivity contribution < 1.29 is 28.3 Å². The van der Waals surface area contributed by atoms with Crippen LogP contribution in [0.4, 0.5) is 8.78 Å². The van der Waals surface area contributed by atoms with Crippen LogP contribution < -0.4 is 0 Å². The molecule has 0 aliphatic carbocycles. The highest BCUT2D eigenvalue weighted by Gasteiger charge is 2.39. The molecule has 2 aromatic carbocycles. The van der Waals surface area contributed by atoms with Crippen LogP contribution in [0.25, 0.3) is 0 Å². The summed E-state index contributed by atoms with van der Waals surface area (Å²) in [6.45, 7) is 0.178. The van der Waals surface area contributed by atoms with Gasteiger partial charge in [0.2, 0.25) is 5.91 Å². The van der Waals surface area contributed by atoms with E-state index in [1.807, 2.05) is 0 Å². The summed E-state index contributed by atoms with van der Waals surface area (Å²) in [5.74, 6) is -3.74. The smallest absolute Gasteiger partial charge is 0.305 e. The average molecular weight is 388 g/mol. The Morgan fingerprint density at radius 3 is 2.29 bits per heavy atom. The van der Waals surface area contributed by atoms with E-state index in [1.54, 1.807) is 30.3 Å². The average Bonchev–Trinajstić information content (AvgIpc) is 2.64. The third-order valence-electron chi connectivity index (χ3n) is 4.53. The molecular formula is C20H18F2N2O4. The fourth-order valence-corrected chi connectivity index (χ4v) is 3.27. The summed E-state index contributed by atoms with van der Waals surface area (Å²) in [6.07, 6.45) is -0.550. The third kappa shape index (κ3) is 4.33. The number of benzene rings is 2. The Labute approximate surface area is 160 Å². The Morgan fingerprint density at radius 1 is 1.04 bits per heavy atom. The maximum Gasteiger partial charge on any atom is 0.305 e. The van der Waals surface area contributed by atoms with Gasteiger partial charge in [0.15, 0.2) is 0 Å². The van der Waals surface area contributed by atoms with Gasteiger partial charge in [-0.2, -0.15) is 0 Å². The number of nitrogens with zero attached hydrogens (tertiary/aromatic N) is 2. The zero-order valence-corrected chi connectivity index (χ0v) is 14.8. The summed E-state index contributed by atoms with van der Waals surface area (Å²) in [6, 6.07) is 10.1. The second-order valence-corrected chi connectivity index (χ2v) is 6.52. The molecule has 0 spiro atoms. The predicted octanol–water partition coefficient (Wildman–Crippen LogP) is 2.29. The van der Waals surface area contributed by atoms with Crippen molar-refractivity contribution in [3.8, 4) is 0 Å².